The van der Waals surface area contributed by atoms with Crippen molar-refractivity contribution in [2.24, 2.45) is 16.7 Å². The molecule has 0 unspecified atom stereocenters. The van der Waals surface area contributed by atoms with Gasteiger partial charge >= 0.3 is 6.03 Å². The van der Waals surface area contributed by atoms with Gasteiger partial charge in [0.2, 0.25) is 0 Å². The number of urea groups is 1. The van der Waals surface area contributed by atoms with Crippen LogP contribution in [0, 0.1) is 26.9 Å². The average Bonchev–Trinajstić information content (AvgIpc) is 3.11. The SMILES string of the molecule is COc1ccc(N(C(=O)Nc2ccccc2[N+](=O)[O-])[C@@H](C)C2C(C)(C)C2(C)C)cc1. The third-order valence-corrected chi connectivity index (χ3v) is 6.93. The molecule has 2 aromatic rings. The zero-order chi connectivity index (χ0) is 22.3. The average molecular weight is 412 g/mol. The van der Waals surface area contributed by atoms with E-state index < -0.39 is 11.0 Å². The van der Waals surface area contributed by atoms with Crippen LogP contribution in [0.1, 0.15) is 34.6 Å². The summed E-state index contributed by atoms with van der Waals surface area (Å²) in [4.78, 5) is 26.0. The molecule has 0 aromatic heterocycles. The minimum absolute atomic E-state index is 0.0656. The van der Waals surface area contributed by atoms with E-state index in [2.05, 4.69) is 33.0 Å². The maximum Gasteiger partial charge on any atom is 0.326 e. The summed E-state index contributed by atoms with van der Waals surface area (Å²) in [5.74, 6) is 0.959. The molecule has 7 nitrogen and oxygen atoms in total. The third-order valence-electron chi connectivity index (χ3n) is 6.93. The number of hydrogen-bond donors (Lipinski definition) is 1. The number of nitrogens with zero attached hydrogens (tertiary/aromatic N) is 2. The smallest absolute Gasteiger partial charge is 0.326 e. The molecule has 0 bridgehead atoms. The van der Waals surface area contributed by atoms with Gasteiger partial charge in [-0.15, -0.1) is 0 Å². The van der Waals surface area contributed by atoms with E-state index in [1.807, 2.05) is 19.1 Å². The predicted molar refractivity (Wildman–Crippen MR) is 118 cm³/mol. The van der Waals surface area contributed by atoms with Crippen molar-refractivity contribution in [3.8, 4) is 5.75 Å². The molecule has 2 amide bonds. The topological polar surface area (TPSA) is 84.7 Å². The number of rotatable bonds is 6. The summed E-state index contributed by atoms with van der Waals surface area (Å²) in [6, 6.07) is 12.9. The quantitative estimate of drug-likeness (QED) is 0.487. The zero-order valence-electron chi connectivity index (χ0n) is 18.3. The molecule has 2 aromatic carbocycles. The van der Waals surface area contributed by atoms with Gasteiger partial charge in [-0.1, -0.05) is 39.8 Å². The number of nitro benzene ring substituents is 1. The van der Waals surface area contributed by atoms with Gasteiger partial charge in [-0.3, -0.25) is 15.0 Å². The Kier molecular flexibility index (Phi) is 5.50. The maximum absolute atomic E-state index is 13.4. The fourth-order valence-electron chi connectivity index (χ4n) is 4.80. The summed E-state index contributed by atoms with van der Waals surface area (Å²) in [6.45, 7) is 10.9. The number of hydrogen-bond acceptors (Lipinski definition) is 4. The van der Waals surface area contributed by atoms with Gasteiger partial charge in [0.15, 0.2) is 0 Å². The Bertz CT molecular complexity index is 939. The molecular weight excluding hydrogens is 382 g/mol. The molecule has 1 aliphatic rings. The van der Waals surface area contributed by atoms with Crippen molar-refractivity contribution >= 4 is 23.1 Å². The molecule has 1 N–H and O–H groups in total. The number of anilines is 2. The van der Waals surface area contributed by atoms with Gasteiger partial charge in [-0.25, -0.2) is 4.79 Å². The fourth-order valence-corrected chi connectivity index (χ4v) is 4.80. The highest BCUT2D eigenvalue weighted by atomic mass is 16.6. The van der Waals surface area contributed by atoms with E-state index in [1.165, 1.54) is 12.1 Å². The molecular formula is C23H29N3O4. The Morgan fingerprint density at radius 2 is 1.67 bits per heavy atom. The van der Waals surface area contributed by atoms with Crippen LogP contribution in [-0.4, -0.2) is 24.1 Å². The van der Waals surface area contributed by atoms with E-state index in [4.69, 9.17) is 4.74 Å². The Hall–Kier alpha value is -3.09. The molecule has 3 rings (SSSR count). The first kappa shape index (κ1) is 21.6. The van der Waals surface area contributed by atoms with Crippen LogP contribution in [0.3, 0.4) is 0 Å². The second-order valence-electron chi connectivity index (χ2n) is 8.93. The highest BCUT2D eigenvalue weighted by Crippen LogP contribution is 2.70. The summed E-state index contributed by atoms with van der Waals surface area (Å²) in [7, 11) is 1.59. The monoisotopic (exact) mass is 411 g/mol. The molecule has 0 radical (unpaired) electrons. The fraction of sp³-hybridized carbons (Fsp3) is 0.435. The lowest BCUT2D eigenvalue weighted by atomic mass is 10.0. The summed E-state index contributed by atoms with van der Waals surface area (Å²) in [6.07, 6.45) is 0. The number of nitro groups is 1. The molecule has 0 saturated heterocycles. The van der Waals surface area contributed by atoms with Crippen LogP contribution in [0.5, 0.6) is 5.75 Å². The summed E-state index contributed by atoms with van der Waals surface area (Å²) >= 11 is 0. The minimum atomic E-state index is -0.496. The third kappa shape index (κ3) is 3.60. The van der Waals surface area contributed by atoms with Gasteiger partial charge in [-0.2, -0.15) is 0 Å². The first-order valence-corrected chi connectivity index (χ1v) is 10.00. The highest BCUT2D eigenvalue weighted by molar-refractivity contribution is 6.03. The second-order valence-corrected chi connectivity index (χ2v) is 8.93. The van der Waals surface area contributed by atoms with Gasteiger partial charge < -0.3 is 10.1 Å². The lowest BCUT2D eigenvalue weighted by molar-refractivity contribution is -0.383. The molecule has 1 aliphatic carbocycles. The van der Waals surface area contributed by atoms with Crippen LogP contribution in [0.15, 0.2) is 48.5 Å². The molecule has 1 fully saturated rings. The molecule has 1 atom stereocenters. The van der Waals surface area contributed by atoms with Crippen molar-refractivity contribution in [3.05, 3.63) is 58.6 Å². The summed E-state index contributed by atoms with van der Waals surface area (Å²) in [5.41, 5.74) is 0.873. The Morgan fingerprint density at radius 1 is 1.10 bits per heavy atom. The number of carbonyl (C=O) groups excluding carboxylic acids is 1. The van der Waals surface area contributed by atoms with E-state index in [0.717, 1.165) is 0 Å². The van der Waals surface area contributed by atoms with E-state index in [-0.39, 0.29) is 34.2 Å². The van der Waals surface area contributed by atoms with Crippen LogP contribution in [0.4, 0.5) is 21.9 Å². The minimum Gasteiger partial charge on any atom is -0.497 e. The van der Waals surface area contributed by atoms with Crippen LogP contribution in [-0.2, 0) is 0 Å². The first-order chi connectivity index (χ1) is 14.0. The van der Waals surface area contributed by atoms with Crippen molar-refractivity contribution < 1.29 is 14.5 Å². The lowest BCUT2D eigenvalue weighted by Gasteiger charge is -2.31. The van der Waals surface area contributed by atoms with Gasteiger partial charge in [-0.05, 0) is 54.0 Å². The van der Waals surface area contributed by atoms with Crippen molar-refractivity contribution in [3.63, 3.8) is 0 Å². The molecule has 0 heterocycles. The Labute approximate surface area is 177 Å². The predicted octanol–water partition coefficient (Wildman–Crippen LogP) is 5.71. The Balaban J connectivity index is 1.97. The van der Waals surface area contributed by atoms with Crippen LogP contribution >= 0.6 is 0 Å². The first-order valence-electron chi connectivity index (χ1n) is 10.00. The molecule has 1 saturated carbocycles. The Morgan fingerprint density at radius 3 is 2.17 bits per heavy atom. The van der Waals surface area contributed by atoms with Crippen molar-refractivity contribution in [2.75, 3.05) is 17.3 Å². The van der Waals surface area contributed by atoms with Crippen LogP contribution < -0.4 is 15.0 Å². The van der Waals surface area contributed by atoms with Crippen molar-refractivity contribution in [1.29, 1.82) is 0 Å². The number of ether oxygens (including phenoxy) is 1. The number of benzene rings is 2. The maximum atomic E-state index is 13.4. The molecule has 7 heteroatoms. The van der Waals surface area contributed by atoms with Crippen molar-refractivity contribution in [2.45, 2.75) is 40.7 Å². The van der Waals surface area contributed by atoms with Gasteiger partial charge in [0.05, 0.1) is 12.0 Å². The summed E-state index contributed by atoms with van der Waals surface area (Å²) < 4.78 is 5.24. The second kappa shape index (κ2) is 7.63. The normalized spacial score (nSPS) is 17.7. The summed E-state index contributed by atoms with van der Waals surface area (Å²) in [5, 5.41) is 14.1. The van der Waals surface area contributed by atoms with Crippen LogP contribution in [0.25, 0.3) is 0 Å². The number of nitrogens with one attached hydrogen (secondary N) is 1. The highest BCUT2D eigenvalue weighted by Gasteiger charge is 2.67. The largest absolute Gasteiger partial charge is 0.497 e. The van der Waals surface area contributed by atoms with E-state index in [1.54, 1.807) is 36.3 Å². The van der Waals surface area contributed by atoms with E-state index >= 15 is 0 Å². The number of methoxy groups -OCH3 is 1. The van der Waals surface area contributed by atoms with Gasteiger partial charge in [0.25, 0.3) is 5.69 Å². The lowest BCUT2D eigenvalue weighted by Crippen LogP contribution is -2.44. The van der Waals surface area contributed by atoms with Crippen LogP contribution in [0.2, 0.25) is 0 Å². The zero-order valence-corrected chi connectivity index (χ0v) is 18.3. The molecule has 0 spiro atoms. The molecule has 160 valence electrons. The number of carbonyl (C=O) groups is 1. The van der Waals surface area contributed by atoms with E-state index in [0.29, 0.717) is 11.4 Å². The number of para-hydroxylation sites is 2. The standard InChI is InChI=1S/C23H29N3O4/c1-15(20-22(2,3)23(20,4)5)25(16-11-13-17(30-6)14-12-16)21(27)24-18-9-7-8-10-19(18)26(28)29/h7-15,20H,1-6H3,(H,24,27)/t15-/m0/s1. The molecule has 0 aliphatic heterocycles. The van der Waals surface area contributed by atoms with Crippen molar-refractivity contribution in [1.82, 2.24) is 0 Å². The van der Waals surface area contributed by atoms with Gasteiger partial charge in [0.1, 0.15) is 11.4 Å². The molecule has 30 heavy (non-hydrogen) atoms. The number of amides is 2. The van der Waals surface area contributed by atoms with Gasteiger partial charge in [0, 0.05) is 17.8 Å². The van der Waals surface area contributed by atoms with E-state index in [9.17, 15) is 14.9 Å².